The summed E-state index contributed by atoms with van der Waals surface area (Å²) in [5, 5.41) is 2.49. The van der Waals surface area contributed by atoms with Crippen LogP contribution >= 0.6 is 0 Å². The molecule has 1 spiro atoms. The molecular formula is C56H45N. The Morgan fingerprint density at radius 1 is 0.421 bits per heavy atom. The van der Waals surface area contributed by atoms with E-state index < -0.39 is 5.41 Å². The summed E-state index contributed by atoms with van der Waals surface area (Å²) in [6, 6.07) is 65.2. The molecule has 1 saturated carbocycles. The maximum atomic E-state index is 2.63. The molecule has 274 valence electrons. The van der Waals surface area contributed by atoms with Crippen LogP contribution in [0.2, 0.25) is 0 Å². The lowest BCUT2D eigenvalue weighted by Gasteiger charge is -2.33. The molecule has 8 aromatic rings. The van der Waals surface area contributed by atoms with Gasteiger partial charge in [0.05, 0.1) is 11.1 Å². The molecule has 8 aromatic carbocycles. The summed E-state index contributed by atoms with van der Waals surface area (Å²) in [5.41, 5.74) is 21.1. The Morgan fingerprint density at radius 2 is 0.930 bits per heavy atom. The molecule has 1 fully saturated rings. The van der Waals surface area contributed by atoms with Crippen LogP contribution in [0.25, 0.3) is 44.2 Å². The average Bonchev–Trinajstić information content (AvgIpc) is 3.82. The smallest absolute Gasteiger partial charge is 0.0726 e. The van der Waals surface area contributed by atoms with Gasteiger partial charge in [0.25, 0.3) is 0 Å². The molecule has 0 atom stereocenters. The number of benzene rings is 8. The Labute approximate surface area is 336 Å². The van der Waals surface area contributed by atoms with Crippen LogP contribution in [0.3, 0.4) is 0 Å². The van der Waals surface area contributed by atoms with Gasteiger partial charge in [-0.15, -0.1) is 0 Å². The fourth-order valence-corrected chi connectivity index (χ4v) is 11.6. The molecule has 0 unspecified atom stereocenters. The Balaban J connectivity index is 1.13. The van der Waals surface area contributed by atoms with E-state index in [9.17, 15) is 0 Å². The van der Waals surface area contributed by atoms with E-state index in [-0.39, 0.29) is 5.41 Å². The molecule has 1 nitrogen and oxygen atoms in total. The molecule has 57 heavy (non-hydrogen) atoms. The zero-order chi connectivity index (χ0) is 37.9. The van der Waals surface area contributed by atoms with Gasteiger partial charge in [-0.2, -0.15) is 0 Å². The molecule has 0 bridgehead atoms. The largest absolute Gasteiger partial charge is 0.310 e. The van der Waals surface area contributed by atoms with Gasteiger partial charge in [-0.25, -0.2) is 0 Å². The third-order valence-corrected chi connectivity index (χ3v) is 14.3. The van der Waals surface area contributed by atoms with Crippen molar-refractivity contribution in [3.8, 4) is 33.4 Å². The molecule has 4 aliphatic rings. The van der Waals surface area contributed by atoms with Crippen LogP contribution in [0.15, 0.2) is 170 Å². The molecule has 0 heterocycles. The zero-order valence-electron chi connectivity index (χ0n) is 32.7. The van der Waals surface area contributed by atoms with Gasteiger partial charge < -0.3 is 4.90 Å². The van der Waals surface area contributed by atoms with Gasteiger partial charge in [0.15, 0.2) is 0 Å². The lowest BCUT2D eigenvalue weighted by atomic mass is 9.69. The molecule has 0 saturated heterocycles. The van der Waals surface area contributed by atoms with Crippen LogP contribution in [0.4, 0.5) is 17.1 Å². The highest BCUT2D eigenvalue weighted by Crippen LogP contribution is 2.64. The fourth-order valence-electron chi connectivity index (χ4n) is 11.6. The lowest BCUT2D eigenvalue weighted by Crippen LogP contribution is -2.26. The molecule has 0 aromatic heterocycles. The van der Waals surface area contributed by atoms with Gasteiger partial charge in [-0.05, 0) is 127 Å². The van der Waals surface area contributed by atoms with Crippen molar-refractivity contribution < 1.29 is 0 Å². The number of anilines is 3. The van der Waals surface area contributed by atoms with Gasteiger partial charge >= 0.3 is 0 Å². The quantitative estimate of drug-likeness (QED) is 0.174. The molecule has 0 amide bonds. The Hall–Kier alpha value is -6.18. The molecule has 4 aliphatic carbocycles. The van der Waals surface area contributed by atoms with Crippen LogP contribution in [0.1, 0.15) is 90.8 Å². The number of fused-ring (bicyclic) bond motifs is 14. The summed E-state index contributed by atoms with van der Waals surface area (Å²) < 4.78 is 0. The van der Waals surface area contributed by atoms with Crippen LogP contribution in [-0.2, 0) is 10.8 Å². The van der Waals surface area contributed by atoms with Crippen LogP contribution in [0.5, 0.6) is 0 Å². The number of hydrogen-bond donors (Lipinski definition) is 0. The highest BCUT2D eigenvalue weighted by Gasteiger charge is 2.52. The monoisotopic (exact) mass is 731 g/mol. The lowest BCUT2D eigenvalue weighted by molar-refractivity contribution is 0.443. The first kappa shape index (κ1) is 33.0. The number of nitrogens with zero attached hydrogens (tertiary/aromatic N) is 1. The normalized spacial score (nSPS) is 16.5. The summed E-state index contributed by atoms with van der Waals surface area (Å²) in [6.07, 6.45) is 6.61. The van der Waals surface area contributed by atoms with Gasteiger partial charge in [-0.1, -0.05) is 173 Å². The zero-order valence-corrected chi connectivity index (χ0v) is 32.7. The second-order valence-corrected chi connectivity index (χ2v) is 17.4. The maximum Gasteiger partial charge on any atom is 0.0726 e. The highest BCUT2D eigenvalue weighted by atomic mass is 15.1. The third kappa shape index (κ3) is 4.52. The van der Waals surface area contributed by atoms with Gasteiger partial charge in [0.1, 0.15) is 0 Å². The summed E-state index contributed by atoms with van der Waals surface area (Å²) in [5.74, 6) is 0.629. The molecule has 12 rings (SSSR count). The van der Waals surface area contributed by atoms with Gasteiger partial charge in [0, 0.05) is 22.2 Å². The van der Waals surface area contributed by atoms with E-state index in [0.717, 1.165) is 0 Å². The first-order chi connectivity index (χ1) is 28.0. The minimum absolute atomic E-state index is 0.108. The van der Waals surface area contributed by atoms with Crippen molar-refractivity contribution in [3.63, 3.8) is 0 Å². The van der Waals surface area contributed by atoms with Crippen molar-refractivity contribution >= 4 is 27.8 Å². The van der Waals surface area contributed by atoms with E-state index in [1.807, 2.05) is 0 Å². The standard InChI is InChI=1S/C56H45N/c1-55(2)48-23-11-8-20-42(48)45-31-28-39(34-51(45)55)57(54-26-14-18-37-17-6-7-19-41(37)54)40-29-32-47-46-30-27-38(36-15-4-3-5-16-36)33-52(46)56(53(47)35-40)49-24-12-9-21-43(49)44-22-10-13-25-50(44)56/h6-14,17-36H,3-5,15-16H2,1-2H3. The van der Waals surface area contributed by atoms with E-state index in [0.29, 0.717) is 5.92 Å². The molecule has 1 heteroatoms. The Kier molecular flexibility index (Phi) is 7.04. The van der Waals surface area contributed by atoms with E-state index >= 15 is 0 Å². The van der Waals surface area contributed by atoms with E-state index in [4.69, 9.17) is 0 Å². The second-order valence-electron chi connectivity index (χ2n) is 17.4. The number of rotatable bonds is 4. The summed E-state index contributed by atoms with van der Waals surface area (Å²) in [7, 11) is 0. The summed E-state index contributed by atoms with van der Waals surface area (Å²) in [6.45, 7) is 4.77. The molecule has 0 aliphatic heterocycles. The minimum Gasteiger partial charge on any atom is -0.310 e. The second kappa shape index (κ2) is 12.2. The summed E-state index contributed by atoms with van der Waals surface area (Å²) in [4.78, 5) is 2.54. The van der Waals surface area contributed by atoms with E-state index in [1.54, 1.807) is 0 Å². The molecular weight excluding hydrogens is 687 g/mol. The first-order valence-electron chi connectivity index (χ1n) is 21.0. The predicted molar refractivity (Wildman–Crippen MR) is 238 cm³/mol. The number of hydrogen-bond acceptors (Lipinski definition) is 1. The van der Waals surface area contributed by atoms with Crippen molar-refractivity contribution in [1.82, 2.24) is 0 Å². The Bertz CT molecular complexity index is 2890. The fraction of sp³-hybridized carbons (Fsp3) is 0.179. The highest BCUT2D eigenvalue weighted by molar-refractivity contribution is 6.01. The van der Waals surface area contributed by atoms with Crippen molar-refractivity contribution in [3.05, 3.63) is 209 Å². The van der Waals surface area contributed by atoms with Gasteiger partial charge in [0.2, 0.25) is 0 Å². The van der Waals surface area contributed by atoms with Crippen LogP contribution < -0.4 is 4.90 Å². The summed E-state index contributed by atoms with van der Waals surface area (Å²) >= 11 is 0. The molecule has 0 radical (unpaired) electrons. The average molecular weight is 732 g/mol. The Morgan fingerprint density at radius 3 is 1.63 bits per heavy atom. The first-order valence-corrected chi connectivity index (χ1v) is 21.0. The maximum absolute atomic E-state index is 2.63. The topological polar surface area (TPSA) is 3.24 Å². The minimum atomic E-state index is -0.412. The third-order valence-electron chi connectivity index (χ3n) is 14.3. The molecule has 0 N–H and O–H groups in total. The van der Waals surface area contributed by atoms with Crippen LogP contribution in [0, 0.1) is 0 Å². The van der Waals surface area contributed by atoms with E-state index in [2.05, 4.69) is 189 Å². The predicted octanol–water partition coefficient (Wildman–Crippen LogP) is 15.0. The van der Waals surface area contributed by atoms with Crippen molar-refractivity contribution in [2.45, 2.75) is 62.7 Å². The SMILES string of the molecule is CC1(C)c2ccccc2-c2ccc(N(c3ccc4c(c3)C3(c5ccccc5-c5ccccc53)c3cc(C5CCCCC5)ccc3-4)c3cccc4ccccc34)cc21. The van der Waals surface area contributed by atoms with Crippen molar-refractivity contribution in [2.24, 2.45) is 0 Å². The van der Waals surface area contributed by atoms with Gasteiger partial charge in [-0.3, -0.25) is 0 Å². The van der Waals surface area contributed by atoms with Crippen LogP contribution in [-0.4, -0.2) is 0 Å². The van der Waals surface area contributed by atoms with E-state index in [1.165, 1.54) is 132 Å². The van der Waals surface area contributed by atoms with Crippen molar-refractivity contribution in [1.29, 1.82) is 0 Å². The van der Waals surface area contributed by atoms with Crippen molar-refractivity contribution in [2.75, 3.05) is 4.90 Å².